The fourth-order valence-corrected chi connectivity index (χ4v) is 4.59. The third-order valence-electron chi connectivity index (χ3n) is 4.92. The molecule has 2 saturated carbocycles. The fraction of sp³-hybridized carbons (Fsp3) is 0.625. The smallest absolute Gasteiger partial charge is 0.123 e. The Morgan fingerprint density at radius 1 is 1.32 bits per heavy atom. The van der Waals surface area contributed by atoms with Gasteiger partial charge in [0.2, 0.25) is 0 Å². The van der Waals surface area contributed by atoms with Gasteiger partial charge < -0.3 is 4.74 Å². The minimum atomic E-state index is 0.0120. The van der Waals surface area contributed by atoms with Crippen molar-refractivity contribution in [3.8, 4) is 5.75 Å². The largest absolute Gasteiger partial charge is 0.496 e. The molecule has 2 bridgehead atoms. The molecule has 0 radical (unpaired) electrons. The predicted octanol–water partition coefficient (Wildman–Crippen LogP) is 5.45. The van der Waals surface area contributed by atoms with Crippen molar-refractivity contribution in [2.75, 3.05) is 7.11 Å². The number of rotatable bonds is 4. The molecular weight excluding hydrogens is 279 g/mol. The maximum Gasteiger partial charge on any atom is 0.123 e. The summed E-state index contributed by atoms with van der Waals surface area (Å²) in [7, 11) is 1.69. The van der Waals surface area contributed by atoms with Crippen molar-refractivity contribution in [3.63, 3.8) is 0 Å². The highest BCUT2D eigenvalue weighted by Crippen LogP contribution is 2.52. The van der Waals surface area contributed by atoms with Crippen LogP contribution in [0, 0.1) is 17.8 Å². The topological polar surface area (TPSA) is 9.23 Å². The van der Waals surface area contributed by atoms with Gasteiger partial charge in [0, 0.05) is 10.6 Å². The van der Waals surface area contributed by atoms with Crippen molar-refractivity contribution >= 4 is 23.2 Å². The van der Waals surface area contributed by atoms with Gasteiger partial charge in [-0.25, -0.2) is 0 Å². The molecule has 1 aromatic rings. The second-order valence-electron chi connectivity index (χ2n) is 6.02. The maximum absolute atomic E-state index is 6.64. The molecule has 0 saturated heterocycles. The first-order chi connectivity index (χ1) is 9.17. The van der Waals surface area contributed by atoms with Crippen LogP contribution in [0.4, 0.5) is 0 Å². The lowest BCUT2D eigenvalue weighted by Crippen LogP contribution is -2.12. The zero-order chi connectivity index (χ0) is 13.4. The summed E-state index contributed by atoms with van der Waals surface area (Å²) in [6, 6.07) is 5.71. The number of hydrogen-bond donors (Lipinski definition) is 0. The van der Waals surface area contributed by atoms with E-state index in [1.165, 1.54) is 25.7 Å². The second kappa shape index (κ2) is 5.54. The summed E-state index contributed by atoms with van der Waals surface area (Å²) >= 11 is 12.7. The van der Waals surface area contributed by atoms with Crippen LogP contribution in [-0.2, 0) is 0 Å². The highest BCUT2D eigenvalue weighted by molar-refractivity contribution is 6.31. The van der Waals surface area contributed by atoms with Gasteiger partial charge in [-0.1, -0.05) is 18.0 Å². The molecule has 2 aliphatic rings. The van der Waals surface area contributed by atoms with Crippen LogP contribution in [0.5, 0.6) is 5.75 Å². The molecule has 19 heavy (non-hydrogen) atoms. The molecule has 1 nitrogen and oxygen atoms in total. The van der Waals surface area contributed by atoms with Crippen LogP contribution < -0.4 is 4.74 Å². The third kappa shape index (κ3) is 2.73. The highest BCUT2D eigenvalue weighted by Gasteiger charge is 2.40. The Kier molecular flexibility index (Phi) is 3.96. The van der Waals surface area contributed by atoms with Gasteiger partial charge in [-0.05, 0) is 61.6 Å². The normalized spacial score (nSPS) is 30.6. The Balaban J connectivity index is 1.73. The number of alkyl halides is 1. The molecule has 3 heteroatoms. The van der Waals surface area contributed by atoms with E-state index < -0.39 is 0 Å². The predicted molar refractivity (Wildman–Crippen MR) is 80.2 cm³/mol. The Bertz CT molecular complexity index is 460. The zero-order valence-corrected chi connectivity index (χ0v) is 12.8. The summed E-state index contributed by atoms with van der Waals surface area (Å²) in [5.41, 5.74) is 1.04. The molecule has 0 aromatic heterocycles. The van der Waals surface area contributed by atoms with E-state index in [0.717, 1.165) is 40.5 Å². The molecule has 3 rings (SSSR count). The molecule has 1 aromatic carbocycles. The molecule has 0 aliphatic heterocycles. The van der Waals surface area contributed by atoms with Crippen LogP contribution in [0.2, 0.25) is 5.02 Å². The lowest BCUT2D eigenvalue weighted by atomic mass is 9.84. The quantitative estimate of drug-likeness (QED) is 0.671. The van der Waals surface area contributed by atoms with E-state index in [-0.39, 0.29) is 5.38 Å². The van der Waals surface area contributed by atoms with Gasteiger partial charge in [-0.15, -0.1) is 11.6 Å². The highest BCUT2D eigenvalue weighted by atomic mass is 35.5. The third-order valence-corrected chi connectivity index (χ3v) is 5.57. The van der Waals surface area contributed by atoms with E-state index in [4.69, 9.17) is 27.9 Å². The van der Waals surface area contributed by atoms with Crippen molar-refractivity contribution < 1.29 is 4.74 Å². The summed E-state index contributed by atoms with van der Waals surface area (Å²) in [5.74, 6) is 3.54. The van der Waals surface area contributed by atoms with Gasteiger partial charge in [-0.3, -0.25) is 0 Å². The molecule has 2 fully saturated rings. The first kappa shape index (κ1) is 13.6. The van der Waals surface area contributed by atoms with Crippen molar-refractivity contribution in [1.82, 2.24) is 0 Å². The minimum absolute atomic E-state index is 0.0120. The number of hydrogen-bond acceptors (Lipinski definition) is 1. The van der Waals surface area contributed by atoms with Gasteiger partial charge >= 0.3 is 0 Å². The van der Waals surface area contributed by atoms with Gasteiger partial charge in [0.1, 0.15) is 5.75 Å². The van der Waals surface area contributed by atoms with E-state index in [1.807, 2.05) is 18.2 Å². The molecule has 0 heterocycles. The van der Waals surface area contributed by atoms with Crippen LogP contribution in [0.15, 0.2) is 18.2 Å². The number of fused-ring (bicyclic) bond motifs is 2. The Labute approximate surface area is 125 Å². The molecular formula is C16H20Cl2O. The Morgan fingerprint density at radius 2 is 2.16 bits per heavy atom. The average molecular weight is 299 g/mol. The van der Waals surface area contributed by atoms with Crippen molar-refractivity contribution in [2.24, 2.45) is 17.8 Å². The first-order valence-electron chi connectivity index (χ1n) is 7.15. The van der Waals surface area contributed by atoms with Crippen LogP contribution in [0.1, 0.15) is 43.0 Å². The van der Waals surface area contributed by atoms with Gasteiger partial charge in [-0.2, -0.15) is 0 Å². The van der Waals surface area contributed by atoms with Crippen molar-refractivity contribution in [2.45, 2.75) is 37.5 Å². The van der Waals surface area contributed by atoms with E-state index in [0.29, 0.717) is 0 Å². The summed E-state index contributed by atoms with van der Waals surface area (Å²) in [6.45, 7) is 0. The number of ether oxygens (including phenoxy) is 1. The van der Waals surface area contributed by atoms with Crippen LogP contribution in [-0.4, -0.2) is 7.11 Å². The maximum atomic E-state index is 6.64. The zero-order valence-electron chi connectivity index (χ0n) is 11.2. The SMILES string of the molecule is COc1ccc(Cl)cc1C(Cl)CC1CC2CCC1C2. The Morgan fingerprint density at radius 3 is 2.79 bits per heavy atom. The van der Waals surface area contributed by atoms with E-state index in [9.17, 15) is 0 Å². The number of methoxy groups -OCH3 is 1. The number of benzene rings is 1. The number of halogens is 2. The molecule has 0 N–H and O–H groups in total. The monoisotopic (exact) mass is 298 g/mol. The molecule has 104 valence electrons. The minimum Gasteiger partial charge on any atom is -0.496 e. The standard InChI is InChI=1S/C16H20Cl2O/c1-19-16-5-4-13(17)9-14(16)15(18)8-12-7-10-2-3-11(12)6-10/h4-5,9-12,15H,2-3,6-8H2,1H3. The first-order valence-corrected chi connectivity index (χ1v) is 7.96. The van der Waals surface area contributed by atoms with E-state index in [2.05, 4.69) is 0 Å². The molecule has 0 spiro atoms. The van der Waals surface area contributed by atoms with Gasteiger partial charge in [0.25, 0.3) is 0 Å². The average Bonchev–Trinajstić information content (AvgIpc) is 3.01. The van der Waals surface area contributed by atoms with Crippen LogP contribution >= 0.6 is 23.2 Å². The van der Waals surface area contributed by atoms with Gasteiger partial charge in [0.15, 0.2) is 0 Å². The molecule has 2 aliphatic carbocycles. The molecule has 0 amide bonds. The second-order valence-corrected chi connectivity index (χ2v) is 6.99. The van der Waals surface area contributed by atoms with Crippen molar-refractivity contribution in [3.05, 3.63) is 28.8 Å². The summed E-state index contributed by atoms with van der Waals surface area (Å²) in [4.78, 5) is 0. The lowest BCUT2D eigenvalue weighted by Gasteiger charge is -2.24. The van der Waals surface area contributed by atoms with Crippen molar-refractivity contribution in [1.29, 1.82) is 0 Å². The summed E-state index contributed by atoms with van der Waals surface area (Å²) < 4.78 is 5.40. The fourth-order valence-electron chi connectivity index (χ4n) is 4.01. The Hall–Kier alpha value is -0.400. The van der Waals surface area contributed by atoms with Crippen LogP contribution in [0.25, 0.3) is 0 Å². The molecule has 4 unspecified atom stereocenters. The molecule has 4 atom stereocenters. The van der Waals surface area contributed by atoms with E-state index >= 15 is 0 Å². The van der Waals surface area contributed by atoms with Gasteiger partial charge in [0.05, 0.1) is 12.5 Å². The van der Waals surface area contributed by atoms with Crippen LogP contribution in [0.3, 0.4) is 0 Å². The lowest BCUT2D eigenvalue weighted by molar-refractivity contribution is 0.310. The summed E-state index contributed by atoms with van der Waals surface area (Å²) in [6.07, 6.45) is 6.71. The van der Waals surface area contributed by atoms with E-state index in [1.54, 1.807) is 7.11 Å². The summed E-state index contributed by atoms with van der Waals surface area (Å²) in [5, 5.41) is 0.743.